The molecule has 10 heavy (non-hydrogen) atoms. The number of nitrogen functional groups attached to an aromatic ring is 1. The zero-order valence-electron chi connectivity index (χ0n) is 4.51. The van der Waals surface area contributed by atoms with E-state index in [0.717, 1.165) is 0 Å². The first-order valence-corrected chi connectivity index (χ1v) is 2.54. The van der Waals surface area contributed by atoms with Gasteiger partial charge in [0.15, 0.2) is 0 Å². The average molecular weight is 170 g/mol. The highest BCUT2D eigenvalue weighted by atomic mass is 35.5. The number of hydrogen-bond acceptors (Lipinski definition) is 4. The molecule has 0 unspecified atom stereocenters. The molecule has 1 aromatic heterocycles. The van der Waals surface area contributed by atoms with Gasteiger partial charge in [0.25, 0.3) is 5.95 Å². The molecule has 1 heterocycles. The molecule has 0 spiro atoms. The van der Waals surface area contributed by atoms with E-state index in [9.17, 15) is 8.78 Å². The Morgan fingerprint density at radius 2 is 2.20 bits per heavy atom. The molecule has 0 aliphatic rings. The van der Waals surface area contributed by atoms with E-state index in [1.54, 1.807) is 0 Å². The van der Waals surface area contributed by atoms with Crippen molar-refractivity contribution in [2.24, 2.45) is 0 Å². The van der Waals surface area contributed by atoms with Crippen molar-refractivity contribution < 1.29 is 13.3 Å². The van der Waals surface area contributed by atoms with Gasteiger partial charge in [0.1, 0.15) is 0 Å². The fourth-order valence-electron chi connectivity index (χ4n) is 0.350. The highest BCUT2D eigenvalue weighted by Gasteiger charge is 2.35. The minimum atomic E-state index is -3.63. The van der Waals surface area contributed by atoms with Crippen molar-refractivity contribution in [1.29, 1.82) is 0 Å². The topological polar surface area (TPSA) is 64.9 Å². The number of hydrogen-bond donors (Lipinski definition) is 1. The van der Waals surface area contributed by atoms with Crippen molar-refractivity contribution in [3.8, 4) is 0 Å². The van der Waals surface area contributed by atoms with E-state index in [4.69, 9.17) is 5.73 Å². The summed E-state index contributed by atoms with van der Waals surface area (Å²) in [5.41, 5.74) is 4.87. The average Bonchev–Trinajstić information content (AvgIpc) is 2.11. The molecule has 0 aliphatic heterocycles. The summed E-state index contributed by atoms with van der Waals surface area (Å²) in [5, 5.41) is -0.724. The molecule has 56 valence electrons. The number of rotatable bonds is 1. The molecule has 0 saturated heterocycles. The first-order chi connectivity index (χ1) is 4.50. The van der Waals surface area contributed by atoms with Crippen LogP contribution in [0.1, 0.15) is 5.89 Å². The van der Waals surface area contributed by atoms with Crippen LogP contribution in [-0.4, -0.2) is 10.1 Å². The molecular formula is C3H2ClF2N3O. The van der Waals surface area contributed by atoms with E-state index < -0.39 is 11.3 Å². The van der Waals surface area contributed by atoms with E-state index in [2.05, 4.69) is 26.3 Å². The standard InChI is InChI=1S/C3H2ClF2N3O/c4-3(5,6)1-8-2(7)9-10-1/h(H2,7,9). The molecule has 0 radical (unpaired) electrons. The van der Waals surface area contributed by atoms with Gasteiger partial charge in [-0.25, -0.2) is 0 Å². The Morgan fingerprint density at radius 3 is 2.40 bits per heavy atom. The molecule has 0 saturated carbocycles. The summed E-state index contributed by atoms with van der Waals surface area (Å²) in [5.74, 6) is -1.36. The first-order valence-electron chi connectivity index (χ1n) is 2.16. The molecular weight excluding hydrogens is 168 g/mol. The molecule has 2 N–H and O–H groups in total. The van der Waals surface area contributed by atoms with Gasteiger partial charge in [0.2, 0.25) is 0 Å². The molecule has 1 aromatic rings. The summed E-state index contributed by atoms with van der Waals surface area (Å²) < 4.78 is 27.9. The van der Waals surface area contributed by atoms with Crippen LogP contribution >= 0.6 is 11.6 Å². The van der Waals surface area contributed by atoms with Gasteiger partial charge in [0.05, 0.1) is 0 Å². The van der Waals surface area contributed by atoms with Crippen LogP contribution in [0.4, 0.5) is 14.7 Å². The monoisotopic (exact) mass is 169 g/mol. The first kappa shape index (κ1) is 7.20. The van der Waals surface area contributed by atoms with Crippen LogP contribution in [-0.2, 0) is 5.38 Å². The van der Waals surface area contributed by atoms with Crippen molar-refractivity contribution in [2.75, 3.05) is 5.73 Å². The van der Waals surface area contributed by atoms with Crippen LogP contribution in [0.15, 0.2) is 4.52 Å². The molecule has 1 rings (SSSR count). The van der Waals surface area contributed by atoms with Crippen LogP contribution in [0.5, 0.6) is 0 Å². The normalized spacial score (nSPS) is 11.9. The van der Waals surface area contributed by atoms with E-state index in [0.29, 0.717) is 0 Å². The van der Waals surface area contributed by atoms with Crippen LogP contribution < -0.4 is 5.73 Å². The number of halogens is 3. The van der Waals surface area contributed by atoms with E-state index >= 15 is 0 Å². The number of aromatic nitrogens is 2. The van der Waals surface area contributed by atoms with E-state index in [1.807, 2.05) is 0 Å². The van der Waals surface area contributed by atoms with Crippen LogP contribution in [0.3, 0.4) is 0 Å². The molecule has 4 nitrogen and oxygen atoms in total. The van der Waals surface area contributed by atoms with Crippen molar-refractivity contribution in [1.82, 2.24) is 10.1 Å². The molecule has 0 aliphatic carbocycles. The fourth-order valence-corrected chi connectivity index (χ4v) is 0.427. The lowest BCUT2D eigenvalue weighted by molar-refractivity contribution is 0.0551. The fraction of sp³-hybridized carbons (Fsp3) is 0.333. The maximum atomic E-state index is 12.0. The van der Waals surface area contributed by atoms with E-state index in [1.165, 1.54) is 0 Å². The number of anilines is 1. The lowest BCUT2D eigenvalue weighted by Crippen LogP contribution is -2.03. The highest BCUT2D eigenvalue weighted by Crippen LogP contribution is 2.30. The summed E-state index contributed by atoms with van der Waals surface area (Å²) in [6.45, 7) is 0. The quantitative estimate of drug-likeness (QED) is 0.636. The second-order valence-electron chi connectivity index (χ2n) is 1.46. The Bertz CT molecular complexity index is 232. The Hall–Kier alpha value is -0.910. The number of nitrogens with zero attached hydrogens (tertiary/aromatic N) is 2. The third-order valence-corrected chi connectivity index (χ3v) is 0.846. The van der Waals surface area contributed by atoms with Crippen LogP contribution in [0.2, 0.25) is 0 Å². The van der Waals surface area contributed by atoms with Gasteiger partial charge in [0, 0.05) is 0 Å². The third-order valence-electron chi connectivity index (χ3n) is 0.684. The van der Waals surface area contributed by atoms with Crippen molar-refractivity contribution in [3.63, 3.8) is 0 Å². The largest absolute Gasteiger partial charge is 0.400 e. The Labute approximate surface area is 59.0 Å². The predicted octanol–water partition coefficient (Wildman–Crippen LogP) is 0.940. The summed E-state index contributed by atoms with van der Waals surface area (Å²) in [4.78, 5) is 3.00. The molecule has 0 amide bonds. The van der Waals surface area contributed by atoms with Gasteiger partial charge in [-0.15, -0.1) is 0 Å². The summed E-state index contributed by atoms with van der Waals surface area (Å²) >= 11 is 4.49. The van der Waals surface area contributed by atoms with Gasteiger partial charge in [-0.2, -0.15) is 13.8 Å². The van der Waals surface area contributed by atoms with Gasteiger partial charge >= 0.3 is 11.3 Å². The zero-order valence-corrected chi connectivity index (χ0v) is 5.27. The van der Waals surface area contributed by atoms with Crippen LogP contribution in [0, 0.1) is 0 Å². The number of alkyl halides is 3. The van der Waals surface area contributed by atoms with Gasteiger partial charge in [-0.3, -0.25) is 0 Å². The summed E-state index contributed by atoms with van der Waals surface area (Å²) in [6.07, 6.45) is 0. The predicted molar refractivity (Wildman–Crippen MR) is 28.5 cm³/mol. The molecule has 0 atom stereocenters. The smallest absolute Gasteiger partial charge is 0.365 e. The Balaban J connectivity index is 2.96. The SMILES string of the molecule is Nc1noc(C(F)(F)Cl)n1. The second kappa shape index (κ2) is 2.05. The minimum Gasteiger partial charge on any atom is -0.365 e. The van der Waals surface area contributed by atoms with Crippen molar-refractivity contribution >= 4 is 17.5 Å². The maximum absolute atomic E-state index is 12.0. The lowest BCUT2D eigenvalue weighted by Gasteiger charge is -1.97. The van der Waals surface area contributed by atoms with Crippen molar-refractivity contribution in [2.45, 2.75) is 5.38 Å². The van der Waals surface area contributed by atoms with Gasteiger partial charge in [-0.1, -0.05) is 0 Å². The molecule has 7 heteroatoms. The zero-order chi connectivity index (χ0) is 7.78. The van der Waals surface area contributed by atoms with Gasteiger partial charge in [-0.05, 0) is 16.8 Å². The molecule has 0 fully saturated rings. The lowest BCUT2D eigenvalue weighted by atomic mass is 10.7. The van der Waals surface area contributed by atoms with Crippen LogP contribution in [0.25, 0.3) is 0 Å². The molecule has 0 bridgehead atoms. The summed E-state index contributed by atoms with van der Waals surface area (Å²) in [6, 6.07) is 0. The van der Waals surface area contributed by atoms with E-state index in [-0.39, 0.29) is 5.95 Å². The minimum absolute atomic E-state index is 0.365. The number of nitrogens with two attached hydrogens (primary N) is 1. The Kier molecular flexibility index (Phi) is 1.47. The van der Waals surface area contributed by atoms with Gasteiger partial charge < -0.3 is 10.3 Å². The molecule has 0 aromatic carbocycles. The Morgan fingerprint density at radius 1 is 1.60 bits per heavy atom. The summed E-state index contributed by atoms with van der Waals surface area (Å²) in [7, 11) is 0. The highest BCUT2D eigenvalue weighted by molar-refractivity contribution is 6.21. The van der Waals surface area contributed by atoms with Crippen molar-refractivity contribution in [3.05, 3.63) is 5.89 Å². The maximum Gasteiger partial charge on any atom is 0.400 e. The third kappa shape index (κ3) is 1.32. The second-order valence-corrected chi connectivity index (χ2v) is 1.93.